The van der Waals surface area contributed by atoms with E-state index in [2.05, 4.69) is 5.32 Å². The molecule has 21 heavy (non-hydrogen) atoms. The minimum absolute atomic E-state index is 0.0144. The molecule has 5 heteroatoms. The number of amides is 2. The molecule has 2 rings (SSSR count). The van der Waals surface area contributed by atoms with Crippen molar-refractivity contribution in [1.29, 1.82) is 0 Å². The van der Waals surface area contributed by atoms with Crippen molar-refractivity contribution >= 4 is 23.4 Å². The van der Waals surface area contributed by atoms with Crippen LogP contribution in [-0.2, 0) is 9.59 Å². The number of carbonyl (C=O) groups excluding carboxylic acids is 2. The van der Waals surface area contributed by atoms with E-state index in [0.717, 1.165) is 38.3 Å². The molecular formula is C16H27ClN2O2. The SMILES string of the molecule is O=C(CCl)NC1CCN(C(=O)CCC2CCCCC2)CC1. The van der Waals surface area contributed by atoms with Gasteiger partial charge >= 0.3 is 0 Å². The summed E-state index contributed by atoms with van der Waals surface area (Å²) >= 11 is 5.49. The lowest BCUT2D eigenvalue weighted by atomic mass is 9.86. The van der Waals surface area contributed by atoms with Crippen molar-refractivity contribution < 1.29 is 9.59 Å². The number of hydrogen-bond acceptors (Lipinski definition) is 2. The monoisotopic (exact) mass is 314 g/mol. The Morgan fingerprint density at radius 1 is 1.05 bits per heavy atom. The van der Waals surface area contributed by atoms with Crippen LogP contribution < -0.4 is 5.32 Å². The van der Waals surface area contributed by atoms with E-state index in [1.165, 1.54) is 32.1 Å². The summed E-state index contributed by atoms with van der Waals surface area (Å²) in [6.45, 7) is 1.52. The maximum absolute atomic E-state index is 12.2. The lowest BCUT2D eigenvalue weighted by Gasteiger charge is -2.33. The number of likely N-dealkylation sites (tertiary alicyclic amines) is 1. The van der Waals surface area contributed by atoms with Crippen LogP contribution in [0, 0.1) is 5.92 Å². The van der Waals surface area contributed by atoms with Crippen LogP contribution in [0.15, 0.2) is 0 Å². The summed E-state index contributed by atoms with van der Waals surface area (Å²) in [5.41, 5.74) is 0. The van der Waals surface area contributed by atoms with E-state index < -0.39 is 0 Å². The van der Waals surface area contributed by atoms with Gasteiger partial charge in [0.15, 0.2) is 0 Å². The Kier molecular flexibility index (Phi) is 6.81. The second kappa shape index (κ2) is 8.62. The first kappa shape index (κ1) is 16.6. The van der Waals surface area contributed by atoms with Crippen LogP contribution in [0.2, 0.25) is 0 Å². The molecule has 0 aromatic rings. The number of carbonyl (C=O) groups is 2. The van der Waals surface area contributed by atoms with E-state index in [1.807, 2.05) is 4.90 Å². The molecule has 1 saturated heterocycles. The van der Waals surface area contributed by atoms with E-state index in [9.17, 15) is 9.59 Å². The van der Waals surface area contributed by atoms with Crippen molar-refractivity contribution in [3.63, 3.8) is 0 Å². The van der Waals surface area contributed by atoms with Gasteiger partial charge in [-0.15, -0.1) is 11.6 Å². The molecule has 120 valence electrons. The predicted molar refractivity (Wildman–Crippen MR) is 84.3 cm³/mol. The summed E-state index contributed by atoms with van der Waals surface area (Å²) in [7, 11) is 0. The fourth-order valence-electron chi connectivity index (χ4n) is 3.50. The standard InChI is InChI=1S/C16H27ClN2O2/c17-12-15(20)18-14-8-10-19(11-9-14)16(21)7-6-13-4-2-1-3-5-13/h13-14H,1-12H2,(H,18,20). The van der Waals surface area contributed by atoms with E-state index in [4.69, 9.17) is 11.6 Å². The number of nitrogens with one attached hydrogen (secondary N) is 1. The quantitative estimate of drug-likeness (QED) is 0.793. The fraction of sp³-hybridized carbons (Fsp3) is 0.875. The summed E-state index contributed by atoms with van der Waals surface area (Å²) in [6, 6.07) is 0.179. The maximum Gasteiger partial charge on any atom is 0.235 e. The molecule has 0 aromatic carbocycles. The zero-order valence-electron chi connectivity index (χ0n) is 12.8. The number of rotatable bonds is 5. The van der Waals surface area contributed by atoms with Crippen LogP contribution in [0.4, 0.5) is 0 Å². The van der Waals surface area contributed by atoms with Crippen LogP contribution in [0.25, 0.3) is 0 Å². The van der Waals surface area contributed by atoms with Crippen molar-refractivity contribution in [3.05, 3.63) is 0 Å². The number of hydrogen-bond donors (Lipinski definition) is 1. The highest BCUT2D eigenvalue weighted by Gasteiger charge is 2.24. The van der Waals surface area contributed by atoms with Crippen molar-refractivity contribution in [2.45, 2.75) is 63.8 Å². The van der Waals surface area contributed by atoms with Gasteiger partial charge in [0.25, 0.3) is 0 Å². The lowest BCUT2D eigenvalue weighted by Crippen LogP contribution is -2.46. The van der Waals surface area contributed by atoms with Crippen LogP contribution in [-0.4, -0.2) is 41.7 Å². The largest absolute Gasteiger partial charge is 0.352 e. The first-order valence-electron chi connectivity index (χ1n) is 8.32. The molecule has 1 aliphatic heterocycles. The average Bonchev–Trinajstić information content (AvgIpc) is 2.54. The number of nitrogens with zero attached hydrogens (tertiary/aromatic N) is 1. The predicted octanol–water partition coefficient (Wildman–Crippen LogP) is 2.69. The zero-order valence-corrected chi connectivity index (χ0v) is 13.5. The van der Waals surface area contributed by atoms with Crippen LogP contribution in [0.1, 0.15) is 57.8 Å². The Morgan fingerprint density at radius 2 is 1.71 bits per heavy atom. The molecule has 4 nitrogen and oxygen atoms in total. The minimum atomic E-state index is -0.112. The first-order valence-corrected chi connectivity index (χ1v) is 8.85. The minimum Gasteiger partial charge on any atom is -0.352 e. The van der Waals surface area contributed by atoms with Gasteiger partial charge in [-0.05, 0) is 25.2 Å². The first-order chi connectivity index (χ1) is 10.2. The van der Waals surface area contributed by atoms with E-state index in [-0.39, 0.29) is 17.8 Å². The van der Waals surface area contributed by atoms with E-state index >= 15 is 0 Å². The molecule has 1 heterocycles. The second-order valence-corrected chi connectivity index (χ2v) is 6.67. The van der Waals surface area contributed by atoms with Gasteiger partial charge in [-0.2, -0.15) is 0 Å². The third-order valence-electron chi connectivity index (χ3n) is 4.83. The number of halogens is 1. The van der Waals surface area contributed by atoms with Gasteiger partial charge in [-0.25, -0.2) is 0 Å². The molecule has 2 amide bonds. The van der Waals surface area contributed by atoms with Crippen molar-refractivity contribution in [2.75, 3.05) is 19.0 Å². The lowest BCUT2D eigenvalue weighted by molar-refractivity contribution is -0.132. The third kappa shape index (κ3) is 5.50. The van der Waals surface area contributed by atoms with Gasteiger partial charge in [0.05, 0.1) is 0 Å². The zero-order chi connectivity index (χ0) is 15.1. The summed E-state index contributed by atoms with van der Waals surface area (Å²) in [4.78, 5) is 25.5. The average molecular weight is 315 g/mol. The highest BCUT2D eigenvalue weighted by Crippen LogP contribution is 2.27. The summed E-state index contributed by atoms with van der Waals surface area (Å²) < 4.78 is 0. The van der Waals surface area contributed by atoms with E-state index in [0.29, 0.717) is 12.3 Å². The van der Waals surface area contributed by atoms with Gasteiger partial charge in [-0.3, -0.25) is 9.59 Å². The highest BCUT2D eigenvalue weighted by atomic mass is 35.5. The summed E-state index contributed by atoms with van der Waals surface area (Å²) in [6.07, 6.45) is 10.1. The normalized spacial score (nSPS) is 21.3. The Bertz CT molecular complexity index is 348. The number of alkyl halides is 1. The summed E-state index contributed by atoms with van der Waals surface area (Å²) in [5, 5.41) is 2.90. The molecule has 0 unspecified atom stereocenters. The molecule has 2 fully saturated rings. The second-order valence-electron chi connectivity index (χ2n) is 6.40. The highest BCUT2D eigenvalue weighted by molar-refractivity contribution is 6.27. The van der Waals surface area contributed by atoms with Crippen LogP contribution in [0.3, 0.4) is 0 Å². The Balaban J connectivity index is 1.64. The van der Waals surface area contributed by atoms with E-state index in [1.54, 1.807) is 0 Å². The van der Waals surface area contributed by atoms with Crippen LogP contribution >= 0.6 is 11.6 Å². The molecule has 0 aromatic heterocycles. The van der Waals surface area contributed by atoms with Crippen LogP contribution in [0.5, 0.6) is 0 Å². The topological polar surface area (TPSA) is 49.4 Å². The molecule has 1 N–H and O–H groups in total. The Hall–Kier alpha value is -0.770. The Morgan fingerprint density at radius 3 is 2.33 bits per heavy atom. The molecular weight excluding hydrogens is 288 g/mol. The van der Waals surface area contributed by atoms with Crippen molar-refractivity contribution in [1.82, 2.24) is 10.2 Å². The summed E-state index contributed by atoms with van der Waals surface area (Å²) in [5.74, 6) is 0.963. The Labute approximate surface area is 132 Å². The molecule has 0 atom stereocenters. The van der Waals surface area contributed by atoms with Crippen molar-refractivity contribution in [2.24, 2.45) is 5.92 Å². The molecule has 1 saturated carbocycles. The van der Waals surface area contributed by atoms with Gasteiger partial charge in [0.1, 0.15) is 5.88 Å². The number of piperidine rings is 1. The molecule has 0 radical (unpaired) electrons. The maximum atomic E-state index is 12.2. The molecule has 2 aliphatic rings. The fourth-order valence-corrected chi connectivity index (χ4v) is 3.58. The van der Waals surface area contributed by atoms with Gasteiger partial charge in [0, 0.05) is 25.6 Å². The van der Waals surface area contributed by atoms with Gasteiger partial charge in [0.2, 0.25) is 11.8 Å². The molecule has 0 spiro atoms. The molecule has 0 bridgehead atoms. The van der Waals surface area contributed by atoms with Crippen molar-refractivity contribution in [3.8, 4) is 0 Å². The third-order valence-corrected chi connectivity index (χ3v) is 5.07. The molecule has 1 aliphatic carbocycles. The smallest absolute Gasteiger partial charge is 0.235 e. The van der Waals surface area contributed by atoms with Gasteiger partial charge < -0.3 is 10.2 Å². The van der Waals surface area contributed by atoms with Gasteiger partial charge in [-0.1, -0.05) is 32.1 Å².